The monoisotopic (exact) mass is 419 g/mol. The van der Waals surface area contributed by atoms with Crippen LogP contribution in [0.5, 0.6) is 0 Å². The molecule has 0 unspecified atom stereocenters. The molecule has 0 bridgehead atoms. The number of piperazine rings is 1. The number of carbonyl (C=O) groups is 1. The first-order valence-corrected chi connectivity index (χ1v) is 9.32. The van der Waals surface area contributed by atoms with Crippen molar-refractivity contribution in [3.63, 3.8) is 0 Å². The molecule has 138 valence electrons. The maximum Gasteiger partial charge on any atom is 0.251 e. The number of pyridine rings is 2. The van der Waals surface area contributed by atoms with Crippen LogP contribution in [0.3, 0.4) is 0 Å². The van der Waals surface area contributed by atoms with Crippen molar-refractivity contribution >= 4 is 27.7 Å². The van der Waals surface area contributed by atoms with E-state index in [1.54, 1.807) is 18.5 Å². The number of halogens is 1. The molecule has 7 nitrogen and oxygen atoms in total. The summed E-state index contributed by atoms with van der Waals surface area (Å²) in [7, 11) is 2.11. The van der Waals surface area contributed by atoms with Gasteiger partial charge in [0.1, 0.15) is 12.4 Å². The molecule has 1 aliphatic heterocycles. The fourth-order valence-corrected chi connectivity index (χ4v) is 3.28. The first kappa shape index (κ1) is 18.6. The molecular formula is C18H22BrN5O2. The Morgan fingerprint density at radius 2 is 2.00 bits per heavy atom. The summed E-state index contributed by atoms with van der Waals surface area (Å²) in [5.41, 5.74) is 0.773. The summed E-state index contributed by atoms with van der Waals surface area (Å²) in [6.45, 7) is 4.20. The van der Waals surface area contributed by atoms with E-state index in [2.05, 4.69) is 43.1 Å². The topological polar surface area (TPSA) is 70.5 Å². The van der Waals surface area contributed by atoms with Gasteiger partial charge >= 0.3 is 0 Å². The van der Waals surface area contributed by atoms with Gasteiger partial charge in [0.25, 0.3) is 5.56 Å². The molecule has 0 spiro atoms. The van der Waals surface area contributed by atoms with E-state index in [-0.39, 0.29) is 18.0 Å². The Morgan fingerprint density at radius 1 is 1.23 bits per heavy atom. The number of anilines is 1. The van der Waals surface area contributed by atoms with Gasteiger partial charge in [-0.2, -0.15) is 0 Å². The zero-order chi connectivity index (χ0) is 18.5. The highest BCUT2D eigenvalue weighted by Gasteiger charge is 2.18. The lowest BCUT2D eigenvalue weighted by atomic mass is 10.2. The molecule has 3 heterocycles. The van der Waals surface area contributed by atoms with Crippen molar-refractivity contribution < 1.29 is 4.79 Å². The summed E-state index contributed by atoms with van der Waals surface area (Å²) in [6.07, 6.45) is 3.39. The Kier molecular flexibility index (Phi) is 6.05. The van der Waals surface area contributed by atoms with E-state index in [1.165, 1.54) is 10.6 Å². The van der Waals surface area contributed by atoms with E-state index in [1.807, 2.05) is 12.1 Å². The molecule has 1 saturated heterocycles. The van der Waals surface area contributed by atoms with Gasteiger partial charge in [-0.05, 0) is 35.1 Å². The van der Waals surface area contributed by atoms with Gasteiger partial charge in [0, 0.05) is 61.2 Å². The van der Waals surface area contributed by atoms with Crippen LogP contribution in [0.15, 0.2) is 45.9 Å². The molecule has 1 aliphatic rings. The zero-order valence-corrected chi connectivity index (χ0v) is 16.3. The summed E-state index contributed by atoms with van der Waals surface area (Å²) in [5, 5.41) is 2.89. The molecule has 0 aliphatic carbocycles. The number of rotatable bonds is 5. The van der Waals surface area contributed by atoms with Crippen LogP contribution in [0.1, 0.15) is 5.56 Å². The van der Waals surface area contributed by atoms with Crippen molar-refractivity contribution in [3.05, 3.63) is 57.0 Å². The fourth-order valence-electron chi connectivity index (χ4n) is 2.90. The molecule has 3 rings (SSSR count). The summed E-state index contributed by atoms with van der Waals surface area (Å²) < 4.78 is 2.14. The van der Waals surface area contributed by atoms with Gasteiger partial charge in [-0.3, -0.25) is 9.59 Å². The second kappa shape index (κ2) is 8.46. The van der Waals surface area contributed by atoms with Crippen LogP contribution in [0, 0.1) is 0 Å². The summed E-state index contributed by atoms with van der Waals surface area (Å²) in [4.78, 5) is 33.1. The average molecular weight is 420 g/mol. The number of likely N-dealkylation sites (N-methyl/N-ethyl adjacent to an activating group) is 1. The Labute approximate surface area is 160 Å². The summed E-state index contributed by atoms with van der Waals surface area (Å²) >= 11 is 3.31. The van der Waals surface area contributed by atoms with Gasteiger partial charge in [-0.1, -0.05) is 6.07 Å². The van der Waals surface area contributed by atoms with Gasteiger partial charge in [-0.25, -0.2) is 4.98 Å². The first-order valence-electron chi connectivity index (χ1n) is 8.53. The van der Waals surface area contributed by atoms with Gasteiger partial charge < -0.3 is 19.7 Å². The summed E-state index contributed by atoms with van der Waals surface area (Å²) in [5.74, 6) is 0.707. The quantitative estimate of drug-likeness (QED) is 0.784. The standard InChI is InChI=1S/C18H22BrN5O2/c1-22-7-9-23(10-8-22)18-14(3-2-6-20-18)11-21-16(25)13-24-12-15(19)4-5-17(24)26/h2-6,12H,7-11,13H2,1H3,(H,21,25). The van der Waals surface area contributed by atoms with E-state index in [9.17, 15) is 9.59 Å². The number of nitrogens with one attached hydrogen (secondary N) is 1. The van der Waals surface area contributed by atoms with Crippen LogP contribution in [0.25, 0.3) is 0 Å². The highest BCUT2D eigenvalue weighted by Crippen LogP contribution is 2.18. The Balaban J connectivity index is 1.63. The lowest BCUT2D eigenvalue weighted by Crippen LogP contribution is -2.45. The normalized spacial score (nSPS) is 15.1. The highest BCUT2D eigenvalue weighted by molar-refractivity contribution is 9.10. The minimum Gasteiger partial charge on any atom is -0.354 e. The van der Waals surface area contributed by atoms with Crippen molar-refractivity contribution in [2.24, 2.45) is 0 Å². The van der Waals surface area contributed by atoms with E-state index in [0.29, 0.717) is 6.54 Å². The van der Waals surface area contributed by atoms with Crippen molar-refractivity contribution in [1.29, 1.82) is 0 Å². The lowest BCUT2D eigenvalue weighted by molar-refractivity contribution is -0.121. The van der Waals surface area contributed by atoms with Crippen molar-refractivity contribution in [3.8, 4) is 0 Å². The molecule has 2 aromatic rings. The van der Waals surface area contributed by atoms with Crippen molar-refractivity contribution in [1.82, 2.24) is 19.8 Å². The largest absolute Gasteiger partial charge is 0.354 e. The predicted octanol–water partition coefficient (Wildman–Crippen LogP) is 1.07. The number of hydrogen-bond acceptors (Lipinski definition) is 5. The molecule has 0 radical (unpaired) electrons. The van der Waals surface area contributed by atoms with Gasteiger partial charge in [0.15, 0.2) is 0 Å². The minimum atomic E-state index is -0.210. The zero-order valence-electron chi connectivity index (χ0n) is 14.7. The van der Waals surface area contributed by atoms with E-state index in [0.717, 1.165) is 42.0 Å². The number of amides is 1. The molecule has 1 fully saturated rings. The number of carbonyl (C=O) groups excluding carboxylic acids is 1. The Bertz CT molecular complexity index is 830. The van der Waals surface area contributed by atoms with Crippen LogP contribution in [0.4, 0.5) is 5.82 Å². The second-order valence-corrected chi connectivity index (χ2v) is 7.28. The summed E-state index contributed by atoms with van der Waals surface area (Å²) in [6, 6.07) is 6.95. The molecular weight excluding hydrogens is 398 g/mol. The van der Waals surface area contributed by atoms with Crippen molar-refractivity contribution in [2.75, 3.05) is 38.1 Å². The molecule has 26 heavy (non-hydrogen) atoms. The Morgan fingerprint density at radius 3 is 2.77 bits per heavy atom. The lowest BCUT2D eigenvalue weighted by Gasteiger charge is -2.34. The third-order valence-corrected chi connectivity index (χ3v) is 4.88. The van der Waals surface area contributed by atoms with E-state index < -0.39 is 0 Å². The molecule has 0 saturated carbocycles. The number of nitrogens with zero attached hydrogens (tertiary/aromatic N) is 4. The second-order valence-electron chi connectivity index (χ2n) is 6.37. The van der Waals surface area contributed by atoms with E-state index in [4.69, 9.17) is 0 Å². The molecule has 0 atom stereocenters. The molecule has 1 N–H and O–H groups in total. The number of hydrogen-bond donors (Lipinski definition) is 1. The maximum atomic E-state index is 12.3. The maximum absolute atomic E-state index is 12.3. The molecule has 8 heteroatoms. The van der Waals surface area contributed by atoms with Crippen LogP contribution < -0.4 is 15.8 Å². The minimum absolute atomic E-state index is 0.0115. The average Bonchev–Trinajstić information content (AvgIpc) is 2.64. The predicted molar refractivity (Wildman–Crippen MR) is 104 cm³/mol. The van der Waals surface area contributed by atoms with Gasteiger partial charge in [0.2, 0.25) is 5.91 Å². The first-order chi connectivity index (χ1) is 12.5. The smallest absolute Gasteiger partial charge is 0.251 e. The van der Waals surface area contributed by atoms with Crippen molar-refractivity contribution in [2.45, 2.75) is 13.1 Å². The van der Waals surface area contributed by atoms with E-state index >= 15 is 0 Å². The Hall–Kier alpha value is -2.19. The van der Waals surface area contributed by atoms with Crippen LogP contribution in [-0.4, -0.2) is 53.6 Å². The van der Waals surface area contributed by atoms with Crippen LogP contribution >= 0.6 is 15.9 Å². The third kappa shape index (κ3) is 4.70. The van der Waals surface area contributed by atoms with Gasteiger partial charge in [0.05, 0.1) is 0 Å². The molecule has 0 aromatic carbocycles. The number of aromatic nitrogens is 2. The highest BCUT2D eigenvalue weighted by atomic mass is 79.9. The fraction of sp³-hybridized carbons (Fsp3) is 0.389. The third-order valence-electron chi connectivity index (χ3n) is 4.41. The SMILES string of the molecule is CN1CCN(c2ncccc2CNC(=O)Cn2cc(Br)ccc2=O)CC1. The van der Waals surface area contributed by atoms with Crippen LogP contribution in [0.2, 0.25) is 0 Å². The molecule has 2 aromatic heterocycles. The van der Waals surface area contributed by atoms with Crippen LogP contribution in [-0.2, 0) is 17.9 Å². The molecule has 1 amide bonds. The van der Waals surface area contributed by atoms with Gasteiger partial charge in [-0.15, -0.1) is 0 Å².